The van der Waals surface area contributed by atoms with Crippen molar-refractivity contribution >= 4 is 11.6 Å². The summed E-state index contributed by atoms with van der Waals surface area (Å²) in [7, 11) is 1.72. The lowest BCUT2D eigenvalue weighted by Crippen LogP contribution is -2.29. The number of benzene rings is 1. The Kier molecular flexibility index (Phi) is 4.57. The van der Waals surface area contributed by atoms with Gasteiger partial charge in [-0.15, -0.1) is 0 Å². The van der Waals surface area contributed by atoms with Gasteiger partial charge < -0.3 is 10.0 Å². The summed E-state index contributed by atoms with van der Waals surface area (Å²) in [4.78, 5) is 18.5. The van der Waals surface area contributed by atoms with Crippen LogP contribution in [0.1, 0.15) is 23.7 Å². The lowest BCUT2D eigenvalue weighted by atomic mass is 10.1. The largest absolute Gasteiger partial charge is 0.393 e. The fourth-order valence-corrected chi connectivity index (χ4v) is 2.56. The molecule has 0 fully saturated rings. The molecule has 1 aromatic carbocycles. The fraction of sp³-hybridized carbons (Fsp3) is 0.278. The number of nitrogens with zero attached hydrogens (tertiary/aromatic N) is 4. The Morgan fingerprint density at radius 2 is 2.04 bits per heavy atom. The van der Waals surface area contributed by atoms with Crippen LogP contribution in [0.5, 0.6) is 0 Å². The number of hydrogen-bond donors (Lipinski definition) is 1. The average molecular weight is 324 g/mol. The minimum Gasteiger partial charge on any atom is -0.393 e. The zero-order valence-electron chi connectivity index (χ0n) is 13.8. The second-order valence-electron chi connectivity index (χ2n) is 5.85. The van der Waals surface area contributed by atoms with Crippen LogP contribution in [0.25, 0.3) is 16.9 Å². The molecule has 1 unspecified atom stereocenters. The molecule has 0 aliphatic carbocycles. The van der Waals surface area contributed by atoms with E-state index in [2.05, 4.69) is 10.1 Å². The highest BCUT2D eigenvalue weighted by atomic mass is 16.3. The van der Waals surface area contributed by atoms with Gasteiger partial charge in [-0.2, -0.15) is 5.10 Å². The van der Waals surface area contributed by atoms with E-state index in [4.69, 9.17) is 0 Å². The highest BCUT2D eigenvalue weighted by molar-refractivity contribution is 5.99. The zero-order valence-corrected chi connectivity index (χ0v) is 13.8. The van der Waals surface area contributed by atoms with E-state index in [1.165, 1.54) is 0 Å². The maximum absolute atomic E-state index is 12.6. The number of carbonyl (C=O) groups excluding carboxylic acids is 1. The first-order chi connectivity index (χ1) is 11.6. The van der Waals surface area contributed by atoms with Crippen LogP contribution in [0.4, 0.5) is 0 Å². The van der Waals surface area contributed by atoms with Crippen molar-refractivity contribution < 1.29 is 9.90 Å². The van der Waals surface area contributed by atoms with Crippen LogP contribution >= 0.6 is 0 Å². The molecule has 0 saturated carbocycles. The molecule has 2 heterocycles. The SMILES string of the molecule is CC(O)CCN(C)C(=O)c1cnn2c(-c3ccccc3)ccnc12. The second kappa shape index (κ2) is 6.80. The standard InChI is InChI=1S/C18H20N4O2/c1-13(23)9-11-21(2)18(24)15-12-20-22-16(8-10-19-17(15)22)14-6-4-3-5-7-14/h3-8,10,12-13,23H,9,11H2,1-2H3. The Labute approximate surface area is 140 Å². The zero-order chi connectivity index (χ0) is 17.1. The van der Waals surface area contributed by atoms with E-state index >= 15 is 0 Å². The molecule has 0 saturated heterocycles. The van der Waals surface area contributed by atoms with E-state index in [9.17, 15) is 9.90 Å². The molecular formula is C18H20N4O2. The molecule has 0 aliphatic heterocycles. The summed E-state index contributed by atoms with van der Waals surface area (Å²) in [5.74, 6) is -0.150. The minimum absolute atomic E-state index is 0.150. The Balaban J connectivity index is 1.95. The van der Waals surface area contributed by atoms with Crippen molar-refractivity contribution in [3.8, 4) is 11.3 Å². The van der Waals surface area contributed by atoms with Gasteiger partial charge in [-0.3, -0.25) is 4.79 Å². The first-order valence-corrected chi connectivity index (χ1v) is 7.89. The van der Waals surface area contributed by atoms with Crippen LogP contribution < -0.4 is 0 Å². The van der Waals surface area contributed by atoms with Crippen molar-refractivity contribution in [3.05, 3.63) is 54.4 Å². The summed E-state index contributed by atoms with van der Waals surface area (Å²) < 4.78 is 1.69. The van der Waals surface area contributed by atoms with Crippen LogP contribution in [0.3, 0.4) is 0 Å². The van der Waals surface area contributed by atoms with Crippen LogP contribution in [0.15, 0.2) is 48.8 Å². The Morgan fingerprint density at radius 1 is 1.29 bits per heavy atom. The minimum atomic E-state index is -0.438. The van der Waals surface area contributed by atoms with Crippen molar-refractivity contribution in [1.82, 2.24) is 19.5 Å². The molecule has 3 aromatic rings. The number of aromatic nitrogens is 3. The maximum atomic E-state index is 12.6. The number of hydrogen-bond acceptors (Lipinski definition) is 4. The predicted molar refractivity (Wildman–Crippen MR) is 91.7 cm³/mol. The van der Waals surface area contributed by atoms with Crippen molar-refractivity contribution in [1.29, 1.82) is 0 Å². The summed E-state index contributed by atoms with van der Waals surface area (Å²) in [6, 6.07) is 11.7. The van der Waals surface area contributed by atoms with E-state index in [0.29, 0.717) is 24.2 Å². The molecule has 24 heavy (non-hydrogen) atoms. The van der Waals surface area contributed by atoms with Gasteiger partial charge in [0.05, 0.1) is 18.0 Å². The van der Waals surface area contributed by atoms with Crippen molar-refractivity contribution in [2.75, 3.05) is 13.6 Å². The van der Waals surface area contributed by atoms with Gasteiger partial charge in [0.25, 0.3) is 5.91 Å². The summed E-state index contributed by atoms with van der Waals surface area (Å²) in [5.41, 5.74) is 2.88. The number of fused-ring (bicyclic) bond motifs is 1. The van der Waals surface area contributed by atoms with E-state index in [0.717, 1.165) is 11.3 Å². The molecule has 0 aliphatic rings. The Morgan fingerprint density at radius 3 is 2.75 bits per heavy atom. The fourth-order valence-electron chi connectivity index (χ4n) is 2.56. The first kappa shape index (κ1) is 16.1. The molecule has 0 radical (unpaired) electrons. The third-order valence-electron chi connectivity index (χ3n) is 3.93. The van der Waals surface area contributed by atoms with Gasteiger partial charge in [0.1, 0.15) is 5.56 Å². The highest BCUT2D eigenvalue weighted by Gasteiger charge is 2.19. The molecule has 1 atom stereocenters. The van der Waals surface area contributed by atoms with Crippen LogP contribution in [-0.4, -0.2) is 50.2 Å². The Hall–Kier alpha value is -2.73. The summed E-state index contributed by atoms with van der Waals surface area (Å²) in [6.45, 7) is 2.19. The van der Waals surface area contributed by atoms with E-state index in [1.807, 2.05) is 36.4 Å². The van der Waals surface area contributed by atoms with Gasteiger partial charge in [-0.1, -0.05) is 30.3 Å². The first-order valence-electron chi connectivity index (χ1n) is 7.89. The van der Waals surface area contributed by atoms with Crippen molar-refractivity contribution in [3.63, 3.8) is 0 Å². The van der Waals surface area contributed by atoms with E-state index in [-0.39, 0.29) is 5.91 Å². The van der Waals surface area contributed by atoms with E-state index in [1.54, 1.807) is 35.8 Å². The molecule has 124 valence electrons. The number of rotatable bonds is 5. The molecule has 1 amide bonds. The second-order valence-corrected chi connectivity index (χ2v) is 5.85. The predicted octanol–water partition coefficient (Wildman–Crippen LogP) is 2.24. The number of amides is 1. The van der Waals surface area contributed by atoms with Crippen LogP contribution in [0, 0.1) is 0 Å². The Bertz CT molecular complexity index is 843. The molecular weight excluding hydrogens is 304 g/mol. The van der Waals surface area contributed by atoms with Gasteiger partial charge in [0, 0.05) is 25.4 Å². The van der Waals surface area contributed by atoms with Gasteiger partial charge in [0.15, 0.2) is 5.65 Å². The molecule has 0 spiro atoms. The van der Waals surface area contributed by atoms with Gasteiger partial charge >= 0.3 is 0 Å². The number of carbonyl (C=O) groups is 1. The molecule has 1 N–H and O–H groups in total. The molecule has 0 bridgehead atoms. The average Bonchev–Trinajstić information content (AvgIpc) is 3.03. The van der Waals surface area contributed by atoms with Gasteiger partial charge in [0.2, 0.25) is 0 Å². The smallest absolute Gasteiger partial charge is 0.259 e. The monoisotopic (exact) mass is 324 g/mol. The van der Waals surface area contributed by atoms with Crippen LogP contribution in [0.2, 0.25) is 0 Å². The lowest BCUT2D eigenvalue weighted by molar-refractivity contribution is 0.0770. The number of aliphatic hydroxyl groups is 1. The summed E-state index contributed by atoms with van der Waals surface area (Å²) >= 11 is 0. The quantitative estimate of drug-likeness (QED) is 0.781. The molecule has 6 nitrogen and oxygen atoms in total. The lowest BCUT2D eigenvalue weighted by Gasteiger charge is -2.17. The number of aliphatic hydroxyl groups excluding tert-OH is 1. The van der Waals surface area contributed by atoms with Crippen LogP contribution in [-0.2, 0) is 0 Å². The summed E-state index contributed by atoms with van der Waals surface area (Å²) in [6.07, 6.45) is 3.33. The van der Waals surface area contributed by atoms with Crippen molar-refractivity contribution in [2.24, 2.45) is 0 Å². The van der Waals surface area contributed by atoms with Gasteiger partial charge in [-0.05, 0) is 19.4 Å². The normalized spacial score (nSPS) is 12.3. The highest BCUT2D eigenvalue weighted by Crippen LogP contribution is 2.21. The topological polar surface area (TPSA) is 70.7 Å². The van der Waals surface area contributed by atoms with Gasteiger partial charge in [-0.25, -0.2) is 9.50 Å². The maximum Gasteiger partial charge on any atom is 0.259 e. The molecule has 6 heteroatoms. The molecule has 3 rings (SSSR count). The van der Waals surface area contributed by atoms with E-state index < -0.39 is 6.10 Å². The third kappa shape index (κ3) is 3.14. The summed E-state index contributed by atoms with van der Waals surface area (Å²) in [5, 5.41) is 13.7. The van der Waals surface area contributed by atoms with Crippen molar-refractivity contribution in [2.45, 2.75) is 19.4 Å². The third-order valence-corrected chi connectivity index (χ3v) is 3.93. The molecule has 2 aromatic heterocycles.